The van der Waals surface area contributed by atoms with Crippen molar-refractivity contribution in [1.29, 1.82) is 0 Å². The first-order valence-corrected chi connectivity index (χ1v) is 9.95. The molecule has 4 amide bonds. The third-order valence-electron chi connectivity index (χ3n) is 5.17. The quantitative estimate of drug-likeness (QED) is 0.723. The summed E-state index contributed by atoms with van der Waals surface area (Å²) < 4.78 is 0. The van der Waals surface area contributed by atoms with Gasteiger partial charge in [-0.25, -0.2) is 4.79 Å². The maximum Gasteiger partial charge on any atom is 0.319 e. The molecule has 2 aliphatic rings. The van der Waals surface area contributed by atoms with E-state index in [2.05, 4.69) is 16.0 Å². The zero-order chi connectivity index (χ0) is 20.4. The Morgan fingerprint density at radius 3 is 2.83 bits per heavy atom. The minimum absolute atomic E-state index is 0.102. The normalized spacial score (nSPS) is 18.7. The number of hydrogen-bond acceptors (Lipinski definition) is 3. The monoisotopic (exact) mass is 412 g/mol. The summed E-state index contributed by atoms with van der Waals surface area (Å²) in [5.74, 6) is -0.281. The average molecular weight is 413 g/mol. The van der Waals surface area contributed by atoms with Crippen LogP contribution in [0, 0.1) is 0 Å². The molecular weight excluding hydrogens is 392 g/mol. The predicted molar refractivity (Wildman–Crippen MR) is 111 cm³/mol. The van der Waals surface area contributed by atoms with Crippen molar-refractivity contribution >= 4 is 40.8 Å². The second-order valence-electron chi connectivity index (χ2n) is 7.11. The zero-order valence-corrected chi connectivity index (χ0v) is 16.5. The zero-order valence-electron chi connectivity index (χ0n) is 15.7. The first kappa shape index (κ1) is 19.3. The molecule has 2 aromatic carbocycles. The van der Waals surface area contributed by atoms with Gasteiger partial charge in [-0.3, -0.25) is 9.59 Å². The van der Waals surface area contributed by atoms with Crippen molar-refractivity contribution in [2.24, 2.45) is 0 Å². The number of nitrogens with zero attached hydrogens (tertiary/aromatic N) is 1. The molecule has 1 fully saturated rings. The summed E-state index contributed by atoms with van der Waals surface area (Å²) in [7, 11) is 0. The number of amides is 4. The summed E-state index contributed by atoms with van der Waals surface area (Å²) in [4.78, 5) is 38.8. The SMILES string of the molecule is O=C(Nc1ccc2c(c1)CCNC2=O)NC1CCCN(c2ccccc2Cl)C1=O. The van der Waals surface area contributed by atoms with Crippen LogP contribution in [0.3, 0.4) is 0 Å². The van der Waals surface area contributed by atoms with E-state index in [0.717, 1.165) is 12.0 Å². The van der Waals surface area contributed by atoms with E-state index in [1.54, 1.807) is 35.2 Å². The summed E-state index contributed by atoms with van der Waals surface area (Å²) in [6.07, 6.45) is 2.04. The largest absolute Gasteiger partial charge is 0.352 e. The third-order valence-corrected chi connectivity index (χ3v) is 5.49. The summed E-state index contributed by atoms with van der Waals surface area (Å²) in [6, 6.07) is 11.3. The summed E-state index contributed by atoms with van der Waals surface area (Å²) >= 11 is 6.23. The molecule has 0 aliphatic carbocycles. The number of rotatable bonds is 3. The first-order valence-electron chi connectivity index (χ1n) is 9.57. The molecule has 8 heteroatoms. The number of anilines is 2. The fraction of sp³-hybridized carbons (Fsp3) is 0.286. The minimum Gasteiger partial charge on any atom is -0.352 e. The van der Waals surface area contributed by atoms with Gasteiger partial charge in [-0.1, -0.05) is 23.7 Å². The van der Waals surface area contributed by atoms with Crippen LogP contribution >= 0.6 is 11.6 Å². The molecule has 7 nitrogen and oxygen atoms in total. The Hall–Kier alpha value is -3.06. The predicted octanol–water partition coefficient (Wildman–Crippen LogP) is 2.94. The van der Waals surface area contributed by atoms with Gasteiger partial charge in [-0.05, 0) is 55.2 Å². The van der Waals surface area contributed by atoms with Crippen molar-refractivity contribution in [2.75, 3.05) is 23.3 Å². The van der Waals surface area contributed by atoms with Crippen molar-refractivity contribution in [1.82, 2.24) is 10.6 Å². The van der Waals surface area contributed by atoms with E-state index in [-0.39, 0.29) is 11.8 Å². The average Bonchev–Trinajstić information content (AvgIpc) is 2.70. The molecular formula is C21H21ClN4O3. The van der Waals surface area contributed by atoms with E-state index in [0.29, 0.717) is 47.9 Å². The van der Waals surface area contributed by atoms with E-state index in [1.807, 2.05) is 12.1 Å². The smallest absolute Gasteiger partial charge is 0.319 e. The first-order chi connectivity index (χ1) is 14.0. The van der Waals surface area contributed by atoms with E-state index in [1.165, 1.54) is 0 Å². The second-order valence-corrected chi connectivity index (χ2v) is 7.52. The van der Waals surface area contributed by atoms with E-state index in [9.17, 15) is 14.4 Å². The van der Waals surface area contributed by atoms with E-state index >= 15 is 0 Å². The standard InChI is InChI=1S/C21H21ClN4O3/c22-16-4-1-2-6-18(16)26-11-3-5-17(20(26)28)25-21(29)24-14-7-8-15-13(12-14)9-10-23-19(15)27/h1-2,4,6-8,12,17H,3,5,9-11H2,(H,23,27)(H2,24,25,29). The number of fused-ring (bicyclic) bond motifs is 1. The number of para-hydroxylation sites is 1. The van der Waals surface area contributed by atoms with Crippen LogP contribution in [0.5, 0.6) is 0 Å². The topological polar surface area (TPSA) is 90.5 Å². The van der Waals surface area contributed by atoms with Crippen LogP contribution in [0.4, 0.5) is 16.2 Å². The van der Waals surface area contributed by atoms with Gasteiger partial charge in [0, 0.05) is 24.3 Å². The lowest BCUT2D eigenvalue weighted by Gasteiger charge is -2.33. The molecule has 29 heavy (non-hydrogen) atoms. The summed E-state index contributed by atoms with van der Waals surface area (Å²) in [6.45, 7) is 1.14. The number of hydrogen-bond donors (Lipinski definition) is 3. The lowest BCUT2D eigenvalue weighted by molar-refractivity contribution is -0.121. The molecule has 150 valence electrons. The number of carbonyl (C=O) groups excluding carboxylic acids is 3. The Balaban J connectivity index is 1.42. The highest BCUT2D eigenvalue weighted by atomic mass is 35.5. The van der Waals surface area contributed by atoms with Crippen LogP contribution in [-0.2, 0) is 11.2 Å². The molecule has 4 rings (SSSR count). The summed E-state index contributed by atoms with van der Waals surface area (Å²) in [5, 5.41) is 8.82. The second kappa shape index (κ2) is 8.13. The van der Waals surface area contributed by atoms with Gasteiger partial charge in [-0.15, -0.1) is 0 Å². The number of nitrogens with one attached hydrogen (secondary N) is 3. The van der Waals surface area contributed by atoms with Gasteiger partial charge in [-0.2, -0.15) is 0 Å². The van der Waals surface area contributed by atoms with Crippen LogP contribution in [0.25, 0.3) is 0 Å². The lowest BCUT2D eigenvalue weighted by Crippen LogP contribution is -2.53. The van der Waals surface area contributed by atoms with Gasteiger partial charge < -0.3 is 20.9 Å². The van der Waals surface area contributed by atoms with Crippen LogP contribution < -0.4 is 20.9 Å². The van der Waals surface area contributed by atoms with Crippen molar-refractivity contribution < 1.29 is 14.4 Å². The van der Waals surface area contributed by atoms with Crippen LogP contribution in [-0.4, -0.2) is 37.0 Å². The molecule has 1 atom stereocenters. The number of urea groups is 1. The highest BCUT2D eigenvalue weighted by Crippen LogP contribution is 2.28. The molecule has 2 heterocycles. The number of benzene rings is 2. The summed E-state index contributed by atoms with van der Waals surface area (Å²) in [5.41, 5.74) is 2.76. The van der Waals surface area contributed by atoms with Gasteiger partial charge in [0.05, 0.1) is 10.7 Å². The molecule has 0 saturated carbocycles. The van der Waals surface area contributed by atoms with Crippen molar-refractivity contribution in [2.45, 2.75) is 25.3 Å². The number of piperidine rings is 1. The third kappa shape index (κ3) is 4.05. The van der Waals surface area contributed by atoms with Gasteiger partial charge in [0.2, 0.25) is 5.91 Å². The Bertz CT molecular complexity index is 978. The lowest BCUT2D eigenvalue weighted by atomic mass is 10.00. The molecule has 2 aromatic rings. The molecule has 0 bridgehead atoms. The molecule has 2 aliphatic heterocycles. The van der Waals surface area contributed by atoms with E-state index < -0.39 is 12.1 Å². The molecule has 1 saturated heterocycles. The molecule has 3 N–H and O–H groups in total. The van der Waals surface area contributed by atoms with Gasteiger partial charge in [0.1, 0.15) is 6.04 Å². The Labute approximate surface area is 173 Å². The fourth-order valence-corrected chi connectivity index (χ4v) is 3.99. The van der Waals surface area contributed by atoms with Gasteiger partial charge in [0.15, 0.2) is 0 Å². The van der Waals surface area contributed by atoms with Crippen molar-refractivity contribution in [3.8, 4) is 0 Å². The Morgan fingerprint density at radius 1 is 1.17 bits per heavy atom. The highest BCUT2D eigenvalue weighted by Gasteiger charge is 2.31. The molecule has 0 spiro atoms. The minimum atomic E-state index is -0.622. The van der Waals surface area contributed by atoms with E-state index in [4.69, 9.17) is 11.6 Å². The Kier molecular flexibility index (Phi) is 5.40. The molecule has 0 aromatic heterocycles. The Morgan fingerprint density at radius 2 is 2.00 bits per heavy atom. The number of carbonyl (C=O) groups is 3. The fourth-order valence-electron chi connectivity index (χ4n) is 3.75. The maximum absolute atomic E-state index is 12.9. The van der Waals surface area contributed by atoms with Crippen LogP contribution in [0.1, 0.15) is 28.8 Å². The van der Waals surface area contributed by atoms with Crippen molar-refractivity contribution in [3.63, 3.8) is 0 Å². The molecule has 0 radical (unpaired) electrons. The maximum atomic E-state index is 12.9. The van der Waals surface area contributed by atoms with Crippen LogP contribution in [0.15, 0.2) is 42.5 Å². The van der Waals surface area contributed by atoms with Crippen molar-refractivity contribution in [3.05, 3.63) is 58.6 Å². The van der Waals surface area contributed by atoms with Gasteiger partial charge in [0.25, 0.3) is 5.91 Å². The van der Waals surface area contributed by atoms with Gasteiger partial charge >= 0.3 is 6.03 Å². The molecule has 1 unspecified atom stereocenters. The van der Waals surface area contributed by atoms with Crippen LogP contribution in [0.2, 0.25) is 5.02 Å². The number of halogens is 1. The highest BCUT2D eigenvalue weighted by molar-refractivity contribution is 6.33.